The molecule has 1 N–H and O–H groups in total. The van der Waals surface area contributed by atoms with E-state index in [0.717, 1.165) is 6.42 Å². The summed E-state index contributed by atoms with van der Waals surface area (Å²) in [5.41, 5.74) is 0.241. The van der Waals surface area contributed by atoms with Gasteiger partial charge in [0.15, 0.2) is 0 Å². The van der Waals surface area contributed by atoms with Crippen LogP contribution in [0, 0.1) is 5.41 Å². The number of nitrogens with zero attached hydrogens (tertiary/aromatic N) is 3. The van der Waals surface area contributed by atoms with Crippen LogP contribution in [0.15, 0.2) is 53.2 Å². The first-order valence-electron chi connectivity index (χ1n) is 8.21. The SMILES string of the molecule is CCC(C)(C)C(O)c1nc(-c2cccnc2Oc2ccccc2)no1. The van der Waals surface area contributed by atoms with Gasteiger partial charge in [0, 0.05) is 6.20 Å². The molecule has 6 nitrogen and oxygen atoms in total. The van der Waals surface area contributed by atoms with Crippen molar-refractivity contribution in [3.8, 4) is 23.0 Å². The number of aromatic nitrogens is 3. The third-order valence-electron chi connectivity index (χ3n) is 4.30. The summed E-state index contributed by atoms with van der Waals surface area (Å²) in [5.74, 6) is 1.57. The Labute approximate surface area is 146 Å². The average molecular weight is 339 g/mol. The summed E-state index contributed by atoms with van der Waals surface area (Å²) in [7, 11) is 0. The van der Waals surface area contributed by atoms with E-state index in [0.29, 0.717) is 23.0 Å². The predicted octanol–water partition coefficient (Wildman–Crippen LogP) is 4.39. The highest BCUT2D eigenvalue weighted by atomic mass is 16.5. The van der Waals surface area contributed by atoms with Crippen molar-refractivity contribution in [1.29, 1.82) is 0 Å². The highest BCUT2D eigenvalue weighted by Gasteiger charge is 2.32. The second-order valence-corrected chi connectivity index (χ2v) is 6.47. The van der Waals surface area contributed by atoms with E-state index in [2.05, 4.69) is 15.1 Å². The van der Waals surface area contributed by atoms with Gasteiger partial charge in [-0.2, -0.15) is 4.98 Å². The van der Waals surface area contributed by atoms with Crippen LogP contribution in [0.4, 0.5) is 0 Å². The molecule has 3 aromatic rings. The topological polar surface area (TPSA) is 81.3 Å². The molecule has 0 saturated carbocycles. The van der Waals surface area contributed by atoms with Gasteiger partial charge in [0.05, 0.1) is 5.56 Å². The standard InChI is InChI=1S/C19H21N3O3/c1-4-19(2,3)15(23)18-21-16(22-25-18)14-11-8-12-20-17(14)24-13-9-6-5-7-10-13/h5-12,15,23H,4H2,1-3H3. The molecule has 0 radical (unpaired) electrons. The zero-order valence-electron chi connectivity index (χ0n) is 14.5. The molecule has 2 heterocycles. The summed E-state index contributed by atoms with van der Waals surface area (Å²) in [6.07, 6.45) is 1.58. The van der Waals surface area contributed by atoms with Crippen molar-refractivity contribution in [2.45, 2.75) is 33.3 Å². The Morgan fingerprint density at radius 2 is 1.92 bits per heavy atom. The summed E-state index contributed by atoms with van der Waals surface area (Å²) < 4.78 is 11.1. The Balaban J connectivity index is 1.91. The summed E-state index contributed by atoms with van der Waals surface area (Å²) in [4.78, 5) is 8.61. The number of hydrogen-bond donors (Lipinski definition) is 1. The van der Waals surface area contributed by atoms with Crippen LogP contribution < -0.4 is 4.74 Å². The largest absolute Gasteiger partial charge is 0.438 e. The molecule has 1 atom stereocenters. The van der Waals surface area contributed by atoms with Crippen LogP contribution in [0.25, 0.3) is 11.4 Å². The molecule has 0 aliphatic heterocycles. The van der Waals surface area contributed by atoms with Crippen LogP contribution in [0.3, 0.4) is 0 Å². The van der Waals surface area contributed by atoms with Gasteiger partial charge in [0.2, 0.25) is 11.7 Å². The molecule has 0 spiro atoms. The van der Waals surface area contributed by atoms with Crippen molar-refractivity contribution >= 4 is 0 Å². The minimum absolute atomic E-state index is 0.191. The minimum atomic E-state index is -0.839. The summed E-state index contributed by atoms with van der Waals surface area (Å²) in [5, 5.41) is 14.5. The second-order valence-electron chi connectivity index (χ2n) is 6.47. The lowest BCUT2D eigenvalue weighted by Crippen LogP contribution is -2.21. The molecule has 0 aliphatic carbocycles. The van der Waals surface area contributed by atoms with Gasteiger partial charge in [-0.1, -0.05) is 44.1 Å². The number of hydrogen-bond acceptors (Lipinski definition) is 6. The van der Waals surface area contributed by atoms with Crippen molar-refractivity contribution < 1.29 is 14.4 Å². The van der Waals surface area contributed by atoms with Crippen molar-refractivity contribution in [2.24, 2.45) is 5.41 Å². The monoisotopic (exact) mass is 339 g/mol. The fourth-order valence-electron chi connectivity index (χ4n) is 2.23. The molecular formula is C19H21N3O3. The third kappa shape index (κ3) is 3.69. The first-order valence-corrected chi connectivity index (χ1v) is 8.21. The quantitative estimate of drug-likeness (QED) is 0.717. The van der Waals surface area contributed by atoms with E-state index in [9.17, 15) is 5.11 Å². The smallest absolute Gasteiger partial charge is 0.256 e. The van der Waals surface area contributed by atoms with Crippen LogP contribution in [0.5, 0.6) is 11.6 Å². The lowest BCUT2D eigenvalue weighted by Gasteiger charge is -2.25. The van der Waals surface area contributed by atoms with E-state index in [-0.39, 0.29) is 11.3 Å². The lowest BCUT2D eigenvalue weighted by atomic mass is 9.84. The van der Waals surface area contributed by atoms with E-state index >= 15 is 0 Å². The maximum atomic E-state index is 10.5. The predicted molar refractivity (Wildman–Crippen MR) is 93.1 cm³/mol. The fraction of sp³-hybridized carbons (Fsp3) is 0.316. The number of aliphatic hydroxyl groups is 1. The van der Waals surface area contributed by atoms with Crippen LogP contribution in [-0.2, 0) is 0 Å². The molecule has 130 valence electrons. The Bertz CT molecular complexity index is 831. The number of rotatable bonds is 6. The van der Waals surface area contributed by atoms with Gasteiger partial charge >= 0.3 is 0 Å². The molecule has 0 saturated heterocycles. The van der Waals surface area contributed by atoms with E-state index in [4.69, 9.17) is 9.26 Å². The van der Waals surface area contributed by atoms with Gasteiger partial charge in [0.1, 0.15) is 11.9 Å². The van der Waals surface area contributed by atoms with Gasteiger partial charge in [-0.3, -0.25) is 0 Å². The first kappa shape index (κ1) is 17.1. The molecule has 0 bridgehead atoms. The van der Waals surface area contributed by atoms with Gasteiger partial charge in [-0.15, -0.1) is 0 Å². The van der Waals surface area contributed by atoms with Crippen LogP contribution >= 0.6 is 0 Å². The summed E-state index contributed by atoms with van der Waals surface area (Å²) >= 11 is 0. The van der Waals surface area contributed by atoms with Gasteiger partial charge < -0.3 is 14.4 Å². The Hall–Kier alpha value is -2.73. The molecule has 0 fully saturated rings. The average Bonchev–Trinajstić information content (AvgIpc) is 3.12. The van der Waals surface area contributed by atoms with E-state index in [1.165, 1.54) is 0 Å². The molecule has 0 aliphatic rings. The molecule has 3 rings (SSSR count). The minimum Gasteiger partial charge on any atom is -0.438 e. The van der Waals surface area contributed by atoms with E-state index < -0.39 is 6.10 Å². The molecule has 1 unspecified atom stereocenters. The van der Waals surface area contributed by atoms with Crippen molar-refractivity contribution in [3.63, 3.8) is 0 Å². The molecule has 2 aromatic heterocycles. The van der Waals surface area contributed by atoms with E-state index in [1.54, 1.807) is 18.3 Å². The number of para-hydroxylation sites is 1. The number of pyridine rings is 1. The maximum absolute atomic E-state index is 10.5. The van der Waals surface area contributed by atoms with Crippen molar-refractivity contribution in [2.75, 3.05) is 0 Å². The highest BCUT2D eigenvalue weighted by Crippen LogP contribution is 2.37. The zero-order valence-corrected chi connectivity index (χ0v) is 14.5. The van der Waals surface area contributed by atoms with Crippen molar-refractivity contribution in [1.82, 2.24) is 15.1 Å². The number of aliphatic hydroxyl groups excluding tert-OH is 1. The highest BCUT2D eigenvalue weighted by molar-refractivity contribution is 5.61. The lowest BCUT2D eigenvalue weighted by molar-refractivity contribution is 0.0199. The van der Waals surface area contributed by atoms with E-state index in [1.807, 2.05) is 51.1 Å². The van der Waals surface area contributed by atoms with Crippen LogP contribution in [0.2, 0.25) is 0 Å². The molecular weight excluding hydrogens is 318 g/mol. The maximum Gasteiger partial charge on any atom is 0.256 e. The van der Waals surface area contributed by atoms with Gasteiger partial charge in [-0.25, -0.2) is 4.98 Å². The fourth-order valence-corrected chi connectivity index (χ4v) is 2.23. The number of ether oxygens (including phenoxy) is 1. The molecule has 6 heteroatoms. The third-order valence-corrected chi connectivity index (χ3v) is 4.30. The van der Waals surface area contributed by atoms with Crippen LogP contribution in [0.1, 0.15) is 39.2 Å². The van der Waals surface area contributed by atoms with Crippen molar-refractivity contribution in [3.05, 3.63) is 54.6 Å². The summed E-state index contributed by atoms with van der Waals surface area (Å²) in [6.45, 7) is 5.92. The van der Waals surface area contributed by atoms with Crippen LogP contribution in [-0.4, -0.2) is 20.2 Å². The van der Waals surface area contributed by atoms with Gasteiger partial charge in [0.25, 0.3) is 5.89 Å². The Morgan fingerprint density at radius 1 is 1.16 bits per heavy atom. The number of benzene rings is 1. The molecule has 25 heavy (non-hydrogen) atoms. The molecule has 0 amide bonds. The van der Waals surface area contributed by atoms with Gasteiger partial charge in [-0.05, 0) is 36.1 Å². The molecule has 1 aromatic carbocycles. The summed E-state index contributed by atoms with van der Waals surface area (Å²) in [6, 6.07) is 12.9. The zero-order chi connectivity index (χ0) is 17.9. The Kier molecular flexibility index (Phi) is 4.81. The Morgan fingerprint density at radius 3 is 2.64 bits per heavy atom. The first-order chi connectivity index (χ1) is 12.0. The second kappa shape index (κ2) is 7.03. The normalized spacial score (nSPS) is 12.8.